The van der Waals surface area contributed by atoms with Crippen molar-refractivity contribution in [3.05, 3.63) is 23.2 Å². The van der Waals surface area contributed by atoms with Gasteiger partial charge in [-0.3, -0.25) is 9.89 Å². The number of carbonyl (C=O) groups is 1. The highest BCUT2D eigenvalue weighted by molar-refractivity contribution is 6.11. The highest BCUT2D eigenvalue weighted by atomic mass is 19.1. The van der Waals surface area contributed by atoms with Crippen LogP contribution in [0.2, 0.25) is 0 Å². The lowest BCUT2D eigenvalue weighted by Crippen LogP contribution is -2.63. The fourth-order valence-electron chi connectivity index (χ4n) is 5.90. The van der Waals surface area contributed by atoms with Crippen molar-refractivity contribution in [2.75, 3.05) is 44.6 Å². The zero-order valence-electron chi connectivity index (χ0n) is 21.3. The van der Waals surface area contributed by atoms with E-state index in [1.807, 2.05) is 11.8 Å². The average Bonchev–Trinajstić information content (AvgIpc) is 3.50. The van der Waals surface area contributed by atoms with E-state index >= 15 is 0 Å². The van der Waals surface area contributed by atoms with E-state index in [0.717, 1.165) is 43.4 Å². The Labute approximate surface area is 206 Å². The molecule has 1 aromatic heterocycles. The third kappa shape index (κ3) is 4.15. The zero-order chi connectivity index (χ0) is 24.9. The molecule has 0 aromatic carbocycles. The first kappa shape index (κ1) is 24.0. The van der Waals surface area contributed by atoms with Gasteiger partial charge in [0.25, 0.3) is 0 Å². The lowest BCUT2D eigenvalue weighted by atomic mass is 9.93. The van der Waals surface area contributed by atoms with Crippen molar-refractivity contribution in [2.45, 2.75) is 65.1 Å². The molecule has 0 spiro atoms. The number of anilines is 1. The Morgan fingerprint density at radius 3 is 2.89 bits per heavy atom. The van der Waals surface area contributed by atoms with Crippen molar-refractivity contribution >= 4 is 17.7 Å². The predicted octanol–water partition coefficient (Wildman–Crippen LogP) is 3.15. The molecular formula is C25H36FN7O2. The summed E-state index contributed by atoms with van der Waals surface area (Å²) in [7, 11) is 0. The van der Waals surface area contributed by atoms with Crippen molar-refractivity contribution in [1.29, 1.82) is 0 Å². The summed E-state index contributed by atoms with van der Waals surface area (Å²) in [6.07, 6.45) is 3.45. The van der Waals surface area contributed by atoms with Crippen molar-refractivity contribution in [1.82, 2.24) is 24.7 Å². The summed E-state index contributed by atoms with van der Waals surface area (Å²) in [6, 6.07) is 0.847. The molecule has 0 radical (unpaired) electrons. The van der Waals surface area contributed by atoms with Gasteiger partial charge < -0.3 is 19.9 Å². The third-order valence-corrected chi connectivity index (χ3v) is 7.98. The van der Waals surface area contributed by atoms with Crippen LogP contribution in [0.15, 0.2) is 22.3 Å². The molecule has 4 aliphatic heterocycles. The summed E-state index contributed by atoms with van der Waals surface area (Å²) >= 11 is 0. The normalized spacial score (nSPS) is 25.7. The van der Waals surface area contributed by atoms with Gasteiger partial charge >= 0.3 is 12.0 Å². The SMILES string of the molecule is CCOc1ncc(F)c(NC2=NCC3=C2CN(C(=O)N2C[C@@H]4CCCN4C[C@@H]2C(C)C)C3(C)C)n1. The quantitative estimate of drug-likeness (QED) is 0.705. The molecule has 2 saturated heterocycles. The number of nitrogens with one attached hydrogen (secondary N) is 1. The largest absolute Gasteiger partial charge is 0.464 e. The number of amides is 2. The maximum atomic E-state index is 14.4. The minimum Gasteiger partial charge on any atom is -0.464 e. The van der Waals surface area contributed by atoms with Crippen LogP contribution in [0, 0.1) is 11.7 Å². The van der Waals surface area contributed by atoms with E-state index in [1.165, 1.54) is 6.42 Å². The number of nitrogens with zero attached hydrogens (tertiary/aromatic N) is 6. The minimum atomic E-state index is -0.579. The van der Waals surface area contributed by atoms with E-state index < -0.39 is 11.4 Å². The standard InChI is InChI=1S/C25H36FN7O2/c1-6-35-23-28-11-19(26)22(30-23)29-21-17-13-33(25(4,5)18(17)10-27-21)24(34)32-12-16-8-7-9-31(16)14-20(32)15(2)3/h11,15-16,20H,6-10,12-14H2,1-5H3,(H,27,28,29,30)/t16-,20+/m0/s1. The summed E-state index contributed by atoms with van der Waals surface area (Å²) in [6.45, 7) is 14.6. The van der Waals surface area contributed by atoms with E-state index in [1.54, 1.807) is 0 Å². The van der Waals surface area contributed by atoms with Crippen LogP contribution >= 0.6 is 0 Å². The molecule has 5 heterocycles. The van der Waals surface area contributed by atoms with Gasteiger partial charge in [-0.1, -0.05) is 13.8 Å². The van der Waals surface area contributed by atoms with Crippen molar-refractivity contribution in [3.63, 3.8) is 0 Å². The molecular weight excluding hydrogens is 449 g/mol. The molecule has 0 bridgehead atoms. The second-order valence-corrected chi connectivity index (χ2v) is 10.7. The second-order valence-electron chi connectivity index (χ2n) is 10.7. The molecule has 2 fully saturated rings. The molecule has 1 N–H and O–H groups in total. The number of piperazine rings is 1. The first-order valence-electron chi connectivity index (χ1n) is 12.7. The molecule has 0 saturated carbocycles. The number of rotatable bonds is 4. The van der Waals surface area contributed by atoms with Gasteiger partial charge in [0.15, 0.2) is 11.6 Å². The van der Waals surface area contributed by atoms with Crippen molar-refractivity contribution in [3.8, 4) is 6.01 Å². The van der Waals surface area contributed by atoms with E-state index in [0.29, 0.717) is 37.5 Å². The summed E-state index contributed by atoms with van der Waals surface area (Å²) in [5.74, 6) is 0.384. The molecule has 0 aliphatic carbocycles. The topological polar surface area (TPSA) is 86.2 Å². The van der Waals surface area contributed by atoms with Crippen LogP contribution in [-0.4, -0.2) is 93.5 Å². The Morgan fingerprint density at radius 2 is 2.14 bits per heavy atom. The number of urea groups is 1. The van der Waals surface area contributed by atoms with Crippen LogP contribution in [0.3, 0.4) is 0 Å². The second kappa shape index (κ2) is 9.04. The van der Waals surface area contributed by atoms with Crippen LogP contribution in [0.5, 0.6) is 6.01 Å². The molecule has 9 nitrogen and oxygen atoms in total. The molecule has 10 heteroatoms. The van der Waals surface area contributed by atoms with Gasteiger partial charge in [-0.25, -0.2) is 14.2 Å². The van der Waals surface area contributed by atoms with Crippen molar-refractivity contribution < 1.29 is 13.9 Å². The fourth-order valence-corrected chi connectivity index (χ4v) is 5.90. The molecule has 5 rings (SSSR count). The number of hydrogen-bond acceptors (Lipinski definition) is 7. The first-order chi connectivity index (χ1) is 16.7. The van der Waals surface area contributed by atoms with Gasteiger partial charge in [0.05, 0.1) is 31.4 Å². The van der Waals surface area contributed by atoms with Gasteiger partial charge in [0, 0.05) is 30.7 Å². The summed E-state index contributed by atoms with van der Waals surface area (Å²) in [4.78, 5) is 33.3. The van der Waals surface area contributed by atoms with Crippen molar-refractivity contribution in [2.24, 2.45) is 10.9 Å². The monoisotopic (exact) mass is 485 g/mol. The van der Waals surface area contributed by atoms with Gasteiger partial charge in [-0.2, -0.15) is 4.98 Å². The zero-order valence-corrected chi connectivity index (χ0v) is 21.3. The maximum Gasteiger partial charge on any atom is 0.321 e. The Kier molecular flexibility index (Phi) is 6.19. The molecule has 2 atom stereocenters. The van der Waals surface area contributed by atoms with Crippen LogP contribution in [-0.2, 0) is 0 Å². The van der Waals surface area contributed by atoms with Crippen LogP contribution in [0.25, 0.3) is 0 Å². The average molecular weight is 486 g/mol. The van der Waals surface area contributed by atoms with Crippen LogP contribution in [0.1, 0.15) is 47.5 Å². The van der Waals surface area contributed by atoms with E-state index in [-0.39, 0.29) is 23.9 Å². The third-order valence-electron chi connectivity index (χ3n) is 7.98. The number of hydrogen-bond donors (Lipinski definition) is 1. The fraction of sp³-hybridized carbons (Fsp3) is 0.680. The number of aliphatic imine (C=N–C) groups is 1. The summed E-state index contributed by atoms with van der Waals surface area (Å²) in [5.41, 5.74) is 1.56. The smallest absolute Gasteiger partial charge is 0.321 e. The highest BCUT2D eigenvalue weighted by Gasteiger charge is 2.49. The summed E-state index contributed by atoms with van der Waals surface area (Å²) in [5, 5.41) is 3.04. The summed E-state index contributed by atoms with van der Waals surface area (Å²) < 4.78 is 19.8. The lowest BCUT2D eigenvalue weighted by Gasteiger charge is -2.48. The number of aromatic nitrogens is 2. The Balaban J connectivity index is 1.36. The first-order valence-corrected chi connectivity index (χ1v) is 12.7. The molecule has 2 amide bonds. The maximum absolute atomic E-state index is 14.4. The Bertz CT molecular complexity index is 1070. The van der Waals surface area contributed by atoms with Gasteiger partial charge in [0.1, 0.15) is 5.84 Å². The Hall–Kier alpha value is -2.75. The molecule has 1 aromatic rings. The predicted molar refractivity (Wildman–Crippen MR) is 132 cm³/mol. The van der Waals surface area contributed by atoms with Gasteiger partial charge in [0.2, 0.25) is 0 Å². The highest BCUT2D eigenvalue weighted by Crippen LogP contribution is 2.40. The number of ether oxygens (including phenoxy) is 1. The number of halogens is 1. The van der Waals surface area contributed by atoms with Crippen LogP contribution < -0.4 is 10.1 Å². The van der Waals surface area contributed by atoms with E-state index in [9.17, 15) is 9.18 Å². The molecule has 190 valence electrons. The Morgan fingerprint density at radius 1 is 1.34 bits per heavy atom. The lowest BCUT2D eigenvalue weighted by molar-refractivity contribution is 0.0324. The minimum absolute atomic E-state index is 0.0239. The van der Waals surface area contributed by atoms with Gasteiger partial charge in [-0.15, -0.1) is 0 Å². The molecule has 4 aliphatic rings. The molecule has 0 unspecified atom stereocenters. The van der Waals surface area contributed by atoms with E-state index in [2.05, 4.69) is 57.8 Å². The number of fused-ring (bicyclic) bond motifs is 1. The number of amidine groups is 1. The van der Waals surface area contributed by atoms with E-state index in [4.69, 9.17) is 4.74 Å². The number of carbonyl (C=O) groups excluding carboxylic acids is 1. The van der Waals surface area contributed by atoms with Crippen LogP contribution in [0.4, 0.5) is 15.0 Å². The molecule has 35 heavy (non-hydrogen) atoms. The van der Waals surface area contributed by atoms with Gasteiger partial charge in [-0.05, 0) is 51.6 Å².